The van der Waals surface area contributed by atoms with Crippen LogP contribution < -0.4 is 5.73 Å². The van der Waals surface area contributed by atoms with Crippen LogP contribution in [0.1, 0.15) is 19.4 Å². The van der Waals surface area contributed by atoms with Crippen LogP contribution >= 0.6 is 0 Å². The lowest BCUT2D eigenvalue weighted by Crippen LogP contribution is -2.38. The smallest absolute Gasteiger partial charge is 0.0410 e. The van der Waals surface area contributed by atoms with Gasteiger partial charge in [-0.05, 0) is 31.9 Å². The normalized spacial score (nSPS) is 13.8. The summed E-state index contributed by atoms with van der Waals surface area (Å²) < 4.78 is 11.6. The Morgan fingerprint density at radius 1 is 1.53 bits per heavy atom. The summed E-state index contributed by atoms with van der Waals surface area (Å²) in [4.78, 5) is 4.01. The number of hydrogen-bond donors (Lipinski definition) is 1. The third kappa shape index (κ3) is 5.64. The molecule has 0 spiro atoms. The van der Waals surface area contributed by atoms with Crippen LogP contribution in [0.15, 0.2) is 24.5 Å². The average Bonchev–Trinajstić information content (AvgIpc) is 2.14. The van der Waals surface area contributed by atoms with Gasteiger partial charge in [0, 0.05) is 40.2 Å². The van der Waals surface area contributed by atoms with Crippen molar-refractivity contribution < 1.29 is 4.21 Å². The third-order valence-corrected chi connectivity index (χ3v) is 3.60. The average molecular weight is 226 g/mol. The molecule has 0 aliphatic heterocycles. The second-order valence-corrected chi connectivity index (χ2v) is 5.96. The van der Waals surface area contributed by atoms with Gasteiger partial charge in [0.1, 0.15) is 0 Å². The van der Waals surface area contributed by atoms with Crippen LogP contribution in [0, 0.1) is 0 Å². The second kappa shape index (κ2) is 5.37. The van der Waals surface area contributed by atoms with Gasteiger partial charge < -0.3 is 5.73 Å². The van der Waals surface area contributed by atoms with E-state index in [0.29, 0.717) is 11.5 Å². The first-order valence-corrected chi connectivity index (χ1v) is 6.49. The maximum absolute atomic E-state index is 11.6. The van der Waals surface area contributed by atoms with Gasteiger partial charge in [0.25, 0.3) is 0 Å². The zero-order valence-electron chi connectivity index (χ0n) is 9.27. The highest BCUT2D eigenvalue weighted by Crippen LogP contribution is 2.03. The number of nitrogens with zero attached hydrogens (tertiary/aromatic N) is 1. The van der Waals surface area contributed by atoms with Crippen LogP contribution in [0.25, 0.3) is 0 Å². The zero-order valence-corrected chi connectivity index (χ0v) is 10.1. The number of pyridine rings is 1. The van der Waals surface area contributed by atoms with Crippen molar-refractivity contribution in [1.82, 2.24) is 4.98 Å². The minimum absolute atomic E-state index is 0.347. The predicted molar refractivity (Wildman–Crippen MR) is 64.1 cm³/mol. The molecule has 1 rings (SSSR count). The number of aryl methyl sites for hydroxylation is 1. The molecule has 84 valence electrons. The number of hydrogen-bond acceptors (Lipinski definition) is 3. The molecule has 4 heteroatoms. The minimum atomic E-state index is -0.843. The lowest BCUT2D eigenvalue weighted by atomic mass is 10.1. The van der Waals surface area contributed by atoms with E-state index in [1.54, 1.807) is 6.20 Å². The molecule has 0 saturated carbocycles. The van der Waals surface area contributed by atoms with Crippen LogP contribution in [0.3, 0.4) is 0 Å². The summed E-state index contributed by atoms with van der Waals surface area (Å²) in [6.45, 7) is 3.80. The van der Waals surface area contributed by atoms with Gasteiger partial charge in [0.2, 0.25) is 0 Å². The summed E-state index contributed by atoms with van der Waals surface area (Å²) >= 11 is 0. The highest BCUT2D eigenvalue weighted by molar-refractivity contribution is 7.85. The van der Waals surface area contributed by atoms with E-state index in [9.17, 15) is 4.21 Å². The fourth-order valence-electron chi connectivity index (χ4n) is 1.26. The minimum Gasteiger partial charge on any atom is -0.325 e. The van der Waals surface area contributed by atoms with E-state index in [1.807, 2.05) is 32.2 Å². The summed E-state index contributed by atoms with van der Waals surface area (Å²) in [6, 6.07) is 3.89. The van der Waals surface area contributed by atoms with E-state index in [-0.39, 0.29) is 5.54 Å². The number of nitrogens with two attached hydrogens (primary N) is 1. The van der Waals surface area contributed by atoms with Crippen molar-refractivity contribution in [2.45, 2.75) is 25.8 Å². The lowest BCUT2D eigenvalue weighted by molar-refractivity contribution is 0.577. The highest BCUT2D eigenvalue weighted by atomic mass is 32.2. The SMILES string of the molecule is CC(C)(N)CS(=O)CCc1cccnc1. The molecule has 0 saturated heterocycles. The van der Waals surface area contributed by atoms with E-state index >= 15 is 0 Å². The molecule has 1 aromatic rings. The van der Waals surface area contributed by atoms with E-state index in [4.69, 9.17) is 5.73 Å². The number of aromatic nitrogens is 1. The van der Waals surface area contributed by atoms with Crippen molar-refractivity contribution in [1.29, 1.82) is 0 Å². The highest BCUT2D eigenvalue weighted by Gasteiger charge is 2.14. The Kier molecular flexibility index (Phi) is 4.42. The maximum atomic E-state index is 11.6. The Morgan fingerprint density at radius 3 is 2.80 bits per heavy atom. The molecule has 0 amide bonds. The molecule has 0 aliphatic carbocycles. The van der Waals surface area contributed by atoms with Crippen LogP contribution in [-0.2, 0) is 17.2 Å². The molecule has 0 radical (unpaired) electrons. The standard InChI is InChI=1S/C11H18N2OS/c1-11(2,12)9-15(14)7-5-10-4-3-6-13-8-10/h3-4,6,8H,5,7,9,12H2,1-2H3. The molecular formula is C11H18N2OS. The van der Waals surface area contributed by atoms with E-state index in [2.05, 4.69) is 4.98 Å². The van der Waals surface area contributed by atoms with E-state index in [0.717, 1.165) is 12.0 Å². The first-order valence-electron chi connectivity index (χ1n) is 5.00. The molecule has 0 aliphatic rings. The predicted octanol–water partition coefficient (Wildman–Crippen LogP) is 1.11. The van der Waals surface area contributed by atoms with Crippen molar-refractivity contribution >= 4 is 10.8 Å². The van der Waals surface area contributed by atoms with Crippen molar-refractivity contribution in [3.63, 3.8) is 0 Å². The van der Waals surface area contributed by atoms with Crippen molar-refractivity contribution in [2.24, 2.45) is 5.73 Å². The van der Waals surface area contributed by atoms with Gasteiger partial charge in [-0.3, -0.25) is 9.19 Å². The Morgan fingerprint density at radius 2 is 2.27 bits per heavy atom. The first kappa shape index (κ1) is 12.3. The molecule has 0 fully saturated rings. The topological polar surface area (TPSA) is 56.0 Å². The molecule has 15 heavy (non-hydrogen) atoms. The second-order valence-electron chi connectivity index (χ2n) is 4.39. The van der Waals surface area contributed by atoms with Gasteiger partial charge in [-0.25, -0.2) is 0 Å². The fraction of sp³-hybridized carbons (Fsp3) is 0.545. The van der Waals surface area contributed by atoms with Gasteiger partial charge in [-0.15, -0.1) is 0 Å². The molecule has 1 heterocycles. The Labute approximate surface area is 93.6 Å². The fourth-order valence-corrected chi connectivity index (χ4v) is 2.70. The van der Waals surface area contributed by atoms with Crippen LogP contribution in [0.5, 0.6) is 0 Å². The van der Waals surface area contributed by atoms with Gasteiger partial charge in [-0.1, -0.05) is 6.07 Å². The molecule has 0 bridgehead atoms. The van der Waals surface area contributed by atoms with Crippen molar-refractivity contribution in [3.8, 4) is 0 Å². The van der Waals surface area contributed by atoms with Crippen molar-refractivity contribution in [2.75, 3.05) is 11.5 Å². The van der Waals surface area contributed by atoms with Gasteiger partial charge >= 0.3 is 0 Å². The Balaban J connectivity index is 2.35. The molecule has 3 nitrogen and oxygen atoms in total. The zero-order chi connectivity index (χ0) is 11.3. The molecule has 1 unspecified atom stereocenters. The van der Waals surface area contributed by atoms with Gasteiger partial charge in [-0.2, -0.15) is 0 Å². The molecule has 1 aromatic heterocycles. The van der Waals surface area contributed by atoms with Crippen LogP contribution in [0.4, 0.5) is 0 Å². The molecular weight excluding hydrogens is 208 g/mol. The van der Waals surface area contributed by atoms with E-state index < -0.39 is 10.8 Å². The Bertz CT molecular complexity index is 319. The maximum Gasteiger partial charge on any atom is 0.0410 e. The van der Waals surface area contributed by atoms with Crippen LogP contribution in [-0.4, -0.2) is 26.2 Å². The summed E-state index contributed by atoms with van der Waals surface area (Å²) in [5.41, 5.74) is 6.58. The lowest BCUT2D eigenvalue weighted by Gasteiger charge is -2.17. The quantitative estimate of drug-likeness (QED) is 0.818. The summed E-state index contributed by atoms with van der Waals surface area (Å²) in [7, 11) is -0.843. The van der Waals surface area contributed by atoms with Crippen molar-refractivity contribution in [3.05, 3.63) is 30.1 Å². The monoisotopic (exact) mass is 226 g/mol. The Hall–Kier alpha value is -0.740. The summed E-state index contributed by atoms with van der Waals surface area (Å²) in [5.74, 6) is 1.21. The molecule has 2 N–H and O–H groups in total. The van der Waals surface area contributed by atoms with E-state index in [1.165, 1.54) is 0 Å². The third-order valence-electron chi connectivity index (χ3n) is 1.87. The van der Waals surface area contributed by atoms with Gasteiger partial charge in [0.15, 0.2) is 0 Å². The summed E-state index contributed by atoms with van der Waals surface area (Å²) in [6.07, 6.45) is 4.35. The van der Waals surface area contributed by atoms with Crippen LogP contribution in [0.2, 0.25) is 0 Å². The molecule has 0 aromatic carbocycles. The molecule has 1 atom stereocenters. The number of rotatable bonds is 5. The van der Waals surface area contributed by atoms with Gasteiger partial charge in [0.05, 0.1) is 0 Å². The first-order chi connectivity index (χ1) is 6.97. The summed E-state index contributed by atoms with van der Waals surface area (Å²) in [5, 5.41) is 0. The largest absolute Gasteiger partial charge is 0.325 e.